The van der Waals surface area contributed by atoms with Gasteiger partial charge in [0.25, 0.3) is 0 Å². The van der Waals surface area contributed by atoms with E-state index in [-0.39, 0.29) is 12.4 Å². The van der Waals surface area contributed by atoms with Crippen LogP contribution in [0.25, 0.3) is 0 Å². The number of rotatable bonds is 1. The second kappa shape index (κ2) is 4.82. The summed E-state index contributed by atoms with van der Waals surface area (Å²) < 4.78 is 5.35. The lowest BCUT2D eigenvalue weighted by Crippen LogP contribution is -2.34. The van der Waals surface area contributed by atoms with E-state index < -0.39 is 0 Å². The van der Waals surface area contributed by atoms with Gasteiger partial charge in [-0.3, -0.25) is 0 Å². The Labute approximate surface area is 82.3 Å². The maximum Gasteiger partial charge on any atom is 0.0662 e. The molecule has 0 saturated carbocycles. The van der Waals surface area contributed by atoms with E-state index in [0.717, 1.165) is 19.8 Å². The van der Waals surface area contributed by atoms with Gasteiger partial charge in [-0.05, 0) is 22.4 Å². The van der Waals surface area contributed by atoms with E-state index in [2.05, 4.69) is 22.1 Å². The molecule has 0 spiro atoms. The highest BCUT2D eigenvalue weighted by Gasteiger charge is 2.14. The number of hydrogen-bond donors (Lipinski definition) is 1. The van der Waals surface area contributed by atoms with Crippen molar-refractivity contribution in [2.45, 2.75) is 6.04 Å². The van der Waals surface area contributed by atoms with Gasteiger partial charge in [-0.2, -0.15) is 11.3 Å². The number of ether oxygens (including phenoxy) is 1. The average Bonchev–Trinajstić information content (AvgIpc) is 2.58. The molecular formula is C8H12ClNOS. The van der Waals surface area contributed by atoms with Gasteiger partial charge in [0.2, 0.25) is 0 Å². The van der Waals surface area contributed by atoms with Crippen LogP contribution in [0.4, 0.5) is 0 Å². The molecule has 0 aromatic carbocycles. The van der Waals surface area contributed by atoms with Crippen molar-refractivity contribution in [3.8, 4) is 0 Å². The van der Waals surface area contributed by atoms with Crippen LogP contribution >= 0.6 is 23.7 Å². The monoisotopic (exact) mass is 205 g/mol. The van der Waals surface area contributed by atoms with E-state index in [1.165, 1.54) is 5.56 Å². The summed E-state index contributed by atoms with van der Waals surface area (Å²) in [4.78, 5) is 0. The highest BCUT2D eigenvalue weighted by molar-refractivity contribution is 7.07. The summed E-state index contributed by atoms with van der Waals surface area (Å²) in [7, 11) is 0. The second-order valence-corrected chi connectivity index (χ2v) is 3.42. The fourth-order valence-electron chi connectivity index (χ4n) is 1.25. The molecule has 1 fully saturated rings. The Morgan fingerprint density at radius 3 is 3.08 bits per heavy atom. The standard InChI is InChI=1S/C8H11NOS.ClH/c1-4-11-6-7(1)8-5-10-3-2-9-8;/h1,4,6,8-9H,2-3,5H2;1H/t8-;/m0./s1. The average molecular weight is 206 g/mol. The number of thiophene rings is 1. The van der Waals surface area contributed by atoms with Gasteiger partial charge in [0.15, 0.2) is 0 Å². The highest BCUT2D eigenvalue weighted by atomic mass is 35.5. The summed E-state index contributed by atoms with van der Waals surface area (Å²) in [5, 5.41) is 7.68. The summed E-state index contributed by atoms with van der Waals surface area (Å²) in [5.74, 6) is 0. The summed E-state index contributed by atoms with van der Waals surface area (Å²) in [5.41, 5.74) is 1.36. The molecular weight excluding hydrogens is 194 g/mol. The van der Waals surface area contributed by atoms with Crippen LogP contribution < -0.4 is 5.32 Å². The summed E-state index contributed by atoms with van der Waals surface area (Å²) in [6.07, 6.45) is 0. The molecule has 2 heterocycles. The van der Waals surface area contributed by atoms with Crippen molar-refractivity contribution < 1.29 is 4.74 Å². The van der Waals surface area contributed by atoms with Crippen LogP contribution in [0.3, 0.4) is 0 Å². The lowest BCUT2D eigenvalue weighted by atomic mass is 10.1. The quantitative estimate of drug-likeness (QED) is 0.756. The van der Waals surface area contributed by atoms with Gasteiger partial charge in [0.05, 0.1) is 19.3 Å². The van der Waals surface area contributed by atoms with Gasteiger partial charge in [-0.1, -0.05) is 0 Å². The molecule has 2 rings (SSSR count). The van der Waals surface area contributed by atoms with Gasteiger partial charge in [0.1, 0.15) is 0 Å². The normalized spacial score (nSPS) is 23.2. The minimum Gasteiger partial charge on any atom is -0.378 e. The summed E-state index contributed by atoms with van der Waals surface area (Å²) in [6.45, 7) is 2.64. The first-order valence-corrected chi connectivity index (χ1v) is 4.74. The first-order valence-electron chi connectivity index (χ1n) is 3.80. The Kier molecular flexibility index (Phi) is 4.01. The SMILES string of the molecule is Cl.c1cc([C@@H]2COCCN2)cs1. The Bertz CT molecular complexity index is 209. The molecule has 1 aliphatic heterocycles. The van der Waals surface area contributed by atoms with Crippen molar-refractivity contribution in [3.05, 3.63) is 22.4 Å². The molecule has 0 radical (unpaired) electrons. The van der Waals surface area contributed by atoms with Crippen molar-refractivity contribution >= 4 is 23.7 Å². The molecule has 0 bridgehead atoms. The number of hydrogen-bond acceptors (Lipinski definition) is 3. The fraction of sp³-hybridized carbons (Fsp3) is 0.500. The van der Waals surface area contributed by atoms with Crippen LogP contribution in [0.15, 0.2) is 16.8 Å². The van der Waals surface area contributed by atoms with E-state index in [1.54, 1.807) is 11.3 Å². The van der Waals surface area contributed by atoms with E-state index in [9.17, 15) is 0 Å². The number of halogens is 1. The van der Waals surface area contributed by atoms with Gasteiger partial charge in [-0.15, -0.1) is 12.4 Å². The van der Waals surface area contributed by atoms with Crippen LogP contribution in [-0.4, -0.2) is 19.8 Å². The van der Waals surface area contributed by atoms with Crippen LogP contribution in [0, 0.1) is 0 Å². The van der Waals surface area contributed by atoms with Crippen LogP contribution in [0.1, 0.15) is 11.6 Å². The molecule has 1 saturated heterocycles. The molecule has 1 aromatic rings. The highest BCUT2D eigenvalue weighted by Crippen LogP contribution is 2.17. The van der Waals surface area contributed by atoms with Crippen LogP contribution in [0.5, 0.6) is 0 Å². The minimum atomic E-state index is 0. The Morgan fingerprint density at radius 1 is 1.58 bits per heavy atom. The molecule has 0 unspecified atom stereocenters. The minimum absolute atomic E-state index is 0. The predicted molar refractivity (Wildman–Crippen MR) is 53.1 cm³/mol. The van der Waals surface area contributed by atoms with Crippen molar-refractivity contribution in [2.75, 3.05) is 19.8 Å². The lowest BCUT2D eigenvalue weighted by molar-refractivity contribution is 0.0770. The maximum absolute atomic E-state index is 5.35. The Morgan fingerprint density at radius 2 is 2.50 bits per heavy atom. The first kappa shape index (κ1) is 9.99. The third-order valence-electron chi connectivity index (χ3n) is 1.87. The van der Waals surface area contributed by atoms with E-state index in [1.807, 2.05) is 0 Å². The van der Waals surface area contributed by atoms with Crippen molar-refractivity contribution in [2.24, 2.45) is 0 Å². The largest absolute Gasteiger partial charge is 0.378 e. The van der Waals surface area contributed by atoms with E-state index in [0.29, 0.717) is 6.04 Å². The van der Waals surface area contributed by atoms with Crippen molar-refractivity contribution in [1.82, 2.24) is 5.32 Å². The molecule has 1 aliphatic rings. The summed E-state index contributed by atoms with van der Waals surface area (Å²) in [6, 6.07) is 2.58. The topological polar surface area (TPSA) is 21.3 Å². The molecule has 1 atom stereocenters. The van der Waals surface area contributed by atoms with E-state index in [4.69, 9.17) is 4.74 Å². The van der Waals surface area contributed by atoms with Crippen LogP contribution in [-0.2, 0) is 4.74 Å². The second-order valence-electron chi connectivity index (χ2n) is 2.64. The zero-order chi connectivity index (χ0) is 7.52. The van der Waals surface area contributed by atoms with Gasteiger partial charge in [-0.25, -0.2) is 0 Å². The smallest absolute Gasteiger partial charge is 0.0662 e. The van der Waals surface area contributed by atoms with Crippen molar-refractivity contribution in [1.29, 1.82) is 0 Å². The van der Waals surface area contributed by atoms with Crippen LogP contribution in [0.2, 0.25) is 0 Å². The molecule has 0 aliphatic carbocycles. The summed E-state index contributed by atoms with van der Waals surface area (Å²) >= 11 is 1.74. The zero-order valence-electron chi connectivity index (χ0n) is 6.66. The Hall–Kier alpha value is -0.0900. The molecule has 0 amide bonds. The predicted octanol–water partition coefficient (Wildman–Crippen LogP) is 1.83. The van der Waals surface area contributed by atoms with Gasteiger partial charge >= 0.3 is 0 Å². The van der Waals surface area contributed by atoms with Gasteiger partial charge in [0, 0.05) is 6.54 Å². The lowest BCUT2D eigenvalue weighted by Gasteiger charge is -2.22. The van der Waals surface area contributed by atoms with E-state index >= 15 is 0 Å². The van der Waals surface area contributed by atoms with Gasteiger partial charge < -0.3 is 10.1 Å². The Balaban J connectivity index is 0.000000720. The molecule has 2 nitrogen and oxygen atoms in total. The van der Waals surface area contributed by atoms with Crippen molar-refractivity contribution in [3.63, 3.8) is 0 Å². The first-order chi connectivity index (χ1) is 5.47. The maximum atomic E-state index is 5.35. The zero-order valence-corrected chi connectivity index (χ0v) is 8.29. The molecule has 1 aromatic heterocycles. The number of nitrogens with one attached hydrogen (secondary N) is 1. The molecule has 68 valence electrons. The molecule has 1 N–H and O–H groups in total. The fourth-order valence-corrected chi connectivity index (χ4v) is 1.97. The third-order valence-corrected chi connectivity index (χ3v) is 2.57. The third kappa shape index (κ3) is 2.20. The molecule has 4 heteroatoms. The number of morpholine rings is 1. The molecule has 12 heavy (non-hydrogen) atoms.